The number of aryl methyl sites for hydroxylation is 1. The quantitative estimate of drug-likeness (QED) is 0.918. The molecule has 0 saturated heterocycles. The molecule has 2 heterocycles. The summed E-state index contributed by atoms with van der Waals surface area (Å²) in [6.45, 7) is 9.14. The van der Waals surface area contributed by atoms with Gasteiger partial charge in [-0.15, -0.1) is 11.3 Å². The first-order valence-electron chi connectivity index (χ1n) is 7.10. The molecule has 0 atom stereocenters. The van der Waals surface area contributed by atoms with Gasteiger partial charge in [0.25, 0.3) is 0 Å². The van der Waals surface area contributed by atoms with Crippen LogP contribution in [0.25, 0.3) is 0 Å². The molecule has 1 N–H and O–H groups in total. The van der Waals surface area contributed by atoms with Gasteiger partial charge in [0.05, 0.1) is 17.7 Å². The highest BCUT2D eigenvalue weighted by molar-refractivity contribution is 7.09. The van der Waals surface area contributed by atoms with Crippen LogP contribution in [0.4, 0.5) is 11.6 Å². The van der Waals surface area contributed by atoms with E-state index in [0.717, 1.165) is 35.3 Å². The molecule has 0 aromatic carbocycles. The monoisotopic (exact) mass is 305 g/mol. The summed E-state index contributed by atoms with van der Waals surface area (Å²) in [5, 5.41) is 3.17. The molecule has 21 heavy (non-hydrogen) atoms. The molecule has 0 unspecified atom stereocenters. The first-order valence-corrected chi connectivity index (χ1v) is 7.98. The Balaban J connectivity index is 2.37. The minimum absolute atomic E-state index is 0.301. The Morgan fingerprint density at radius 1 is 1.29 bits per heavy atom. The molecule has 5 nitrogen and oxygen atoms in total. The topological polar surface area (TPSA) is 53.9 Å². The second-order valence-corrected chi connectivity index (χ2v) is 6.44. The fourth-order valence-corrected chi connectivity index (χ4v) is 2.99. The molecule has 0 aliphatic rings. The van der Waals surface area contributed by atoms with E-state index in [2.05, 4.69) is 48.0 Å². The fraction of sp³-hybridized carbons (Fsp3) is 0.533. The number of thiazole rings is 1. The minimum atomic E-state index is 0.301. The van der Waals surface area contributed by atoms with Crippen molar-refractivity contribution in [1.82, 2.24) is 15.0 Å². The number of nitrogens with zero attached hydrogens (tertiary/aromatic N) is 4. The summed E-state index contributed by atoms with van der Waals surface area (Å²) < 4.78 is 0. The van der Waals surface area contributed by atoms with E-state index in [1.165, 1.54) is 4.88 Å². The maximum Gasteiger partial charge on any atom is 0.137 e. The van der Waals surface area contributed by atoms with E-state index in [0.29, 0.717) is 5.92 Å². The van der Waals surface area contributed by atoms with E-state index in [9.17, 15) is 0 Å². The van der Waals surface area contributed by atoms with Crippen LogP contribution < -0.4 is 10.2 Å². The van der Waals surface area contributed by atoms with Crippen molar-refractivity contribution in [2.24, 2.45) is 0 Å². The number of hydrogen-bond donors (Lipinski definition) is 1. The molecular weight excluding hydrogens is 282 g/mol. The lowest BCUT2D eigenvalue weighted by Crippen LogP contribution is -2.21. The van der Waals surface area contributed by atoms with Gasteiger partial charge in [-0.3, -0.25) is 0 Å². The molecule has 0 fully saturated rings. The summed E-state index contributed by atoms with van der Waals surface area (Å²) in [6.07, 6.45) is 0. The van der Waals surface area contributed by atoms with Gasteiger partial charge < -0.3 is 10.2 Å². The summed E-state index contributed by atoms with van der Waals surface area (Å²) >= 11 is 1.69. The van der Waals surface area contributed by atoms with E-state index in [-0.39, 0.29) is 0 Å². The van der Waals surface area contributed by atoms with Crippen LogP contribution in [0, 0.1) is 13.8 Å². The first-order chi connectivity index (χ1) is 9.93. The van der Waals surface area contributed by atoms with Gasteiger partial charge in [0.1, 0.15) is 17.5 Å². The Bertz CT molecular complexity index is 621. The van der Waals surface area contributed by atoms with Gasteiger partial charge in [-0.2, -0.15) is 0 Å². The van der Waals surface area contributed by atoms with E-state index in [4.69, 9.17) is 4.98 Å². The lowest BCUT2D eigenvalue weighted by molar-refractivity contribution is 0.760. The highest BCUT2D eigenvalue weighted by atomic mass is 32.1. The van der Waals surface area contributed by atoms with Crippen molar-refractivity contribution in [2.75, 3.05) is 24.3 Å². The molecule has 0 aliphatic heterocycles. The zero-order valence-corrected chi connectivity index (χ0v) is 14.4. The second kappa shape index (κ2) is 6.39. The van der Waals surface area contributed by atoms with Crippen molar-refractivity contribution in [3.05, 3.63) is 27.5 Å². The number of nitrogens with one attached hydrogen (secondary N) is 1. The Hall–Kier alpha value is -1.69. The lowest BCUT2D eigenvalue weighted by atomic mass is 10.2. The van der Waals surface area contributed by atoms with Crippen LogP contribution in [0.2, 0.25) is 0 Å². The van der Waals surface area contributed by atoms with E-state index in [1.807, 2.05) is 19.5 Å². The SMILES string of the molecule is CNc1nc(C(C)C)nc(N(C)Cc2scnc2C)c1C. The first kappa shape index (κ1) is 15.7. The molecule has 0 spiro atoms. The van der Waals surface area contributed by atoms with Crippen LogP contribution in [0.5, 0.6) is 0 Å². The van der Waals surface area contributed by atoms with Gasteiger partial charge in [0.15, 0.2) is 0 Å². The number of aromatic nitrogens is 3. The molecule has 0 saturated carbocycles. The van der Waals surface area contributed by atoms with E-state index < -0.39 is 0 Å². The van der Waals surface area contributed by atoms with Gasteiger partial charge in [0.2, 0.25) is 0 Å². The third kappa shape index (κ3) is 3.32. The average molecular weight is 305 g/mol. The molecule has 0 bridgehead atoms. The third-order valence-corrected chi connectivity index (χ3v) is 4.40. The zero-order chi connectivity index (χ0) is 15.6. The predicted octanol–water partition coefficient (Wildman–Crippen LogP) is 3.35. The van der Waals surface area contributed by atoms with Crippen molar-refractivity contribution in [3.63, 3.8) is 0 Å². The van der Waals surface area contributed by atoms with Gasteiger partial charge in [0, 0.05) is 30.5 Å². The van der Waals surface area contributed by atoms with Crippen molar-refractivity contribution in [1.29, 1.82) is 0 Å². The maximum absolute atomic E-state index is 4.75. The molecule has 2 aromatic rings. The number of anilines is 2. The summed E-state index contributed by atoms with van der Waals surface area (Å²) in [5.74, 6) is 3.05. The summed E-state index contributed by atoms with van der Waals surface area (Å²) in [5.41, 5.74) is 4.06. The molecule has 0 amide bonds. The van der Waals surface area contributed by atoms with Crippen molar-refractivity contribution < 1.29 is 0 Å². The molecule has 2 rings (SSSR count). The van der Waals surface area contributed by atoms with Crippen LogP contribution in [0.1, 0.15) is 41.7 Å². The average Bonchev–Trinajstić information content (AvgIpc) is 2.84. The highest BCUT2D eigenvalue weighted by Crippen LogP contribution is 2.27. The number of hydrogen-bond acceptors (Lipinski definition) is 6. The van der Waals surface area contributed by atoms with Crippen LogP contribution in [0.15, 0.2) is 5.51 Å². The van der Waals surface area contributed by atoms with E-state index >= 15 is 0 Å². The molecule has 2 aromatic heterocycles. The summed E-state index contributed by atoms with van der Waals surface area (Å²) in [6, 6.07) is 0. The Morgan fingerprint density at radius 2 is 2.00 bits per heavy atom. The van der Waals surface area contributed by atoms with Crippen LogP contribution >= 0.6 is 11.3 Å². The van der Waals surface area contributed by atoms with Crippen molar-refractivity contribution >= 4 is 23.0 Å². The zero-order valence-electron chi connectivity index (χ0n) is 13.6. The highest BCUT2D eigenvalue weighted by Gasteiger charge is 2.16. The molecular formula is C15H23N5S. The molecule has 0 radical (unpaired) electrons. The van der Waals surface area contributed by atoms with Crippen LogP contribution in [0.3, 0.4) is 0 Å². The summed E-state index contributed by atoms with van der Waals surface area (Å²) in [4.78, 5) is 17.1. The van der Waals surface area contributed by atoms with Crippen LogP contribution in [-0.4, -0.2) is 29.0 Å². The minimum Gasteiger partial charge on any atom is -0.373 e. The van der Waals surface area contributed by atoms with Crippen molar-refractivity contribution in [2.45, 2.75) is 40.2 Å². The number of rotatable bonds is 5. The predicted molar refractivity (Wildman–Crippen MR) is 89.4 cm³/mol. The largest absolute Gasteiger partial charge is 0.373 e. The fourth-order valence-electron chi connectivity index (χ4n) is 2.16. The second-order valence-electron chi connectivity index (χ2n) is 5.50. The van der Waals surface area contributed by atoms with Gasteiger partial charge in [-0.05, 0) is 13.8 Å². The Labute approximate surface area is 130 Å². The third-order valence-electron chi connectivity index (χ3n) is 3.48. The lowest BCUT2D eigenvalue weighted by Gasteiger charge is -2.22. The standard InChI is InChI=1S/C15H23N5S/c1-9(2)13-18-14(16-5)10(3)15(19-13)20(6)7-12-11(4)17-8-21-12/h8-9H,7H2,1-6H3,(H,16,18,19). The van der Waals surface area contributed by atoms with Crippen LogP contribution in [-0.2, 0) is 6.54 Å². The van der Waals surface area contributed by atoms with Crippen molar-refractivity contribution in [3.8, 4) is 0 Å². The molecule has 0 aliphatic carbocycles. The normalized spacial score (nSPS) is 11.0. The van der Waals surface area contributed by atoms with Gasteiger partial charge >= 0.3 is 0 Å². The smallest absolute Gasteiger partial charge is 0.137 e. The maximum atomic E-state index is 4.75. The Kier molecular flexibility index (Phi) is 4.77. The van der Waals surface area contributed by atoms with Gasteiger partial charge in [-0.1, -0.05) is 13.8 Å². The summed E-state index contributed by atoms with van der Waals surface area (Å²) in [7, 11) is 3.97. The molecule has 114 valence electrons. The molecule has 6 heteroatoms. The van der Waals surface area contributed by atoms with Gasteiger partial charge in [-0.25, -0.2) is 15.0 Å². The Morgan fingerprint density at radius 3 is 2.52 bits per heavy atom. The van der Waals surface area contributed by atoms with E-state index in [1.54, 1.807) is 11.3 Å².